The minimum atomic E-state index is 0.0893. The largest absolute Gasteiger partial charge is 0.294 e. The van der Waals surface area contributed by atoms with Crippen LogP contribution in [0, 0.1) is 11.3 Å². The second-order valence-electron chi connectivity index (χ2n) is 2.77. The minimum absolute atomic E-state index is 0.0893. The van der Waals surface area contributed by atoms with Crippen molar-refractivity contribution in [3.05, 3.63) is 29.3 Å². The van der Waals surface area contributed by atoms with Crippen LogP contribution in [-0.2, 0) is 0 Å². The molecule has 0 spiro atoms. The standard InChI is InChI=1S/C11H11NOS/c1-3-10(13)9-6-4-5-8(7-12)11(9)14-2/h4-6H,3H2,1-2H3. The first kappa shape index (κ1) is 10.8. The Morgan fingerprint density at radius 3 is 2.79 bits per heavy atom. The molecule has 0 unspecified atom stereocenters. The molecular weight excluding hydrogens is 194 g/mol. The SMILES string of the molecule is CCC(=O)c1cccc(C#N)c1SC. The van der Waals surface area contributed by atoms with Crippen LogP contribution in [0.1, 0.15) is 29.3 Å². The molecule has 0 N–H and O–H groups in total. The maximum Gasteiger partial charge on any atom is 0.163 e. The van der Waals surface area contributed by atoms with Crippen molar-refractivity contribution in [3.8, 4) is 6.07 Å². The van der Waals surface area contributed by atoms with Gasteiger partial charge in [-0.05, 0) is 12.3 Å². The first-order chi connectivity index (χ1) is 6.74. The number of nitriles is 1. The van der Waals surface area contributed by atoms with Crippen molar-refractivity contribution in [2.75, 3.05) is 6.26 Å². The second-order valence-corrected chi connectivity index (χ2v) is 3.59. The summed E-state index contributed by atoms with van der Waals surface area (Å²) in [5.41, 5.74) is 1.25. The fourth-order valence-corrected chi connectivity index (χ4v) is 1.99. The van der Waals surface area contributed by atoms with E-state index in [1.165, 1.54) is 11.8 Å². The predicted octanol–water partition coefficient (Wildman–Crippen LogP) is 2.87. The minimum Gasteiger partial charge on any atom is -0.294 e. The number of benzene rings is 1. The zero-order valence-corrected chi connectivity index (χ0v) is 9.02. The molecule has 0 aliphatic carbocycles. The summed E-state index contributed by atoms with van der Waals surface area (Å²) in [7, 11) is 0. The van der Waals surface area contributed by atoms with Gasteiger partial charge in [0.2, 0.25) is 0 Å². The summed E-state index contributed by atoms with van der Waals surface area (Å²) in [6, 6.07) is 7.35. The highest BCUT2D eigenvalue weighted by molar-refractivity contribution is 7.98. The van der Waals surface area contributed by atoms with Crippen molar-refractivity contribution >= 4 is 17.5 Å². The fourth-order valence-electron chi connectivity index (χ4n) is 1.26. The van der Waals surface area contributed by atoms with Crippen molar-refractivity contribution in [2.24, 2.45) is 0 Å². The molecule has 0 saturated heterocycles. The van der Waals surface area contributed by atoms with Crippen molar-refractivity contribution in [1.29, 1.82) is 5.26 Å². The van der Waals surface area contributed by atoms with Crippen LogP contribution in [0.2, 0.25) is 0 Å². The van der Waals surface area contributed by atoms with Gasteiger partial charge in [0.1, 0.15) is 6.07 Å². The molecule has 1 aromatic carbocycles. The number of hydrogen-bond acceptors (Lipinski definition) is 3. The molecule has 14 heavy (non-hydrogen) atoms. The molecule has 0 heterocycles. The van der Waals surface area contributed by atoms with Gasteiger partial charge in [0, 0.05) is 16.9 Å². The lowest BCUT2D eigenvalue weighted by molar-refractivity contribution is 0.0985. The van der Waals surface area contributed by atoms with E-state index in [1.54, 1.807) is 18.2 Å². The van der Waals surface area contributed by atoms with Crippen LogP contribution in [-0.4, -0.2) is 12.0 Å². The third-order valence-electron chi connectivity index (χ3n) is 1.96. The molecular formula is C11H11NOS. The Morgan fingerprint density at radius 2 is 2.29 bits per heavy atom. The Hall–Kier alpha value is -1.27. The topological polar surface area (TPSA) is 40.9 Å². The van der Waals surface area contributed by atoms with E-state index in [-0.39, 0.29) is 5.78 Å². The maximum atomic E-state index is 11.5. The highest BCUT2D eigenvalue weighted by atomic mass is 32.2. The van der Waals surface area contributed by atoms with Gasteiger partial charge in [0.15, 0.2) is 5.78 Å². The van der Waals surface area contributed by atoms with Gasteiger partial charge in [-0.1, -0.05) is 19.1 Å². The monoisotopic (exact) mass is 205 g/mol. The highest BCUT2D eigenvalue weighted by Gasteiger charge is 2.11. The van der Waals surface area contributed by atoms with Gasteiger partial charge in [0.25, 0.3) is 0 Å². The predicted molar refractivity (Wildman–Crippen MR) is 57.6 cm³/mol. The molecule has 0 fully saturated rings. The molecule has 72 valence electrons. The van der Waals surface area contributed by atoms with E-state index in [9.17, 15) is 4.79 Å². The first-order valence-corrected chi connectivity index (χ1v) is 5.57. The van der Waals surface area contributed by atoms with Crippen LogP contribution < -0.4 is 0 Å². The third-order valence-corrected chi connectivity index (χ3v) is 2.81. The number of Topliss-reactive ketones (excluding diaryl/α,β-unsaturated/α-hetero) is 1. The van der Waals surface area contributed by atoms with Crippen LogP contribution in [0.25, 0.3) is 0 Å². The van der Waals surface area contributed by atoms with Gasteiger partial charge >= 0.3 is 0 Å². The van der Waals surface area contributed by atoms with E-state index in [2.05, 4.69) is 6.07 Å². The van der Waals surface area contributed by atoms with Crippen LogP contribution in [0.3, 0.4) is 0 Å². The van der Waals surface area contributed by atoms with E-state index in [0.717, 1.165) is 4.90 Å². The zero-order chi connectivity index (χ0) is 10.6. The number of rotatable bonds is 3. The van der Waals surface area contributed by atoms with Gasteiger partial charge in [-0.15, -0.1) is 11.8 Å². The Bertz CT molecular complexity index is 393. The molecule has 0 amide bonds. The second kappa shape index (κ2) is 4.83. The van der Waals surface area contributed by atoms with Crippen molar-refractivity contribution < 1.29 is 4.79 Å². The number of ketones is 1. The highest BCUT2D eigenvalue weighted by Crippen LogP contribution is 2.25. The average Bonchev–Trinajstić information content (AvgIpc) is 2.26. The molecule has 0 bridgehead atoms. The Kier molecular flexibility index (Phi) is 3.73. The van der Waals surface area contributed by atoms with Gasteiger partial charge in [-0.3, -0.25) is 4.79 Å². The van der Waals surface area contributed by atoms with Crippen molar-refractivity contribution in [2.45, 2.75) is 18.2 Å². The normalized spacial score (nSPS) is 9.50. The summed E-state index contributed by atoms with van der Waals surface area (Å²) in [5, 5.41) is 8.85. The van der Waals surface area contributed by atoms with Gasteiger partial charge in [-0.25, -0.2) is 0 Å². The Labute approximate surface area is 87.9 Å². The van der Waals surface area contributed by atoms with E-state index in [1.807, 2.05) is 13.2 Å². The number of nitrogens with zero attached hydrogens (tertiary/aromatic N) is 1. The zero-order valence-electron chi connectivity index (χ0n) is 8.20. The van der Waals surface area contributed by atoms with E-state index in [4.69, 9.17) is 5.26 Å². The quantitative estimate of drug-likeness (QED) is 0.562. The van der Waals surface area contributed by atoms with Crippen molar-refractivity contribution in [3.63, 3.8) is 0 Å². The van der Waals surface area contributed by atoms with Gasteiger partial charge in [0.05, 0.1) is 5.56 Å². The van der Waals surface area contributed by atoms with Gasteiger partial charge in [-0.2, -0.15) is 5.26 Å². The fraction of sp³-hybridized carbons (Fsp3) is 0.273. The smallest absolute Gasteiger partial charge is 0.163 e. The molecule has 0 aliphatic heterocycles. The number of hydrogen-bond donors (Lipinski definition) is 0. The molecule has 0 saturated carbocycles. The third kappa shape index (κ3) is 1.97. The first-order valence-electron chi connectivity index (χ1n) is 4.34. The Balaban J connectivity index is 3.31. The molecule has 2 nitrogen and oxygen atoms in total. The molecule has 1 rings (SSSR count). The van der Waals surface area contributed by atoms with E-state index in [0.29, 0.717) is 17.5 Å². The summed E-state index contributed by atoms with van der Waals surface area (Å²) >= 11 is 1.45. The Morgan fingerprint density at radius 1 is 1.57 bits per heavy atom. The molecule has 0 atom stereocenters. The summed E-state index contributed by atoms with van der Waals surface area (Å²) in [6.07, 6.45) is 2.35. The molecule has 0 radical (unpaired) electrons. The van der Waals surface area contributed by atoms with Crippen LogP contribution >= 0.6 is 11.8 Å². The van der Waals surface area contributed by atoms with E-state index >= 15 is 0 Å². The maximum absolute atomic E-state index is 11.5. The number of carbonyl (C=O) groups is 1. The lowest BCUT2D eigenvalue weighted by Gasteiger charge is -2.06. The van der Waals surface area contributed by atoms with Crippen molar-refractivity contribution in [1.82, 2.24) is 0 Å². The summed E-state index contributed by atoms with van der Waals surface area (Å²) in [5.74, 6) is 0.0893. The lowest BCUT2D eigenvalue weighted by Crippen LogP contribution is -2.00. The summed E-state index contributed by atoms with van der Waals surface area (Å²) in [6.45, 7) is 1.82. The van der Waals surface area contributed by atoms with Crippen LogP contribution in [0.4, 0.5) is 0 Å². The summed E-state index contributed by atoms with van der Waals surface area (Å²) in [4.78, 5) is 12.3. The molecule has 3 heteroatoms. The van der Waals surface area contributed by atoms with Crippen LogP contribution in [0.5, 0.6) is 0 Å². The average molecular weight is 205 g/mol. The summed E-state index contributed by atoms with van der Waals surface area (Å²) < 4.78 is 0. The van der Waals surface area contributed by atoms with E-state index < -0.39 is 0 Å². The van der Waals surface area contributed by atoms with Gasteiger partial charge < -0.3 is 0 Å². The molecule has 0 aliphatic rings. The molecule has 0 aromatic heterocycles. The lowest BCUT2D eigenvalue weighted by atomic mass is 10.1. The number of thioether (sulfide) groups is 1. The number of carbonyl (C=O) groups excluding carboxylic acids is 1. The molecule has 1 aromatic rings. The van der Waals surface area contributed by atoms with Crippen LogP contribution in [0.15, 0.2) is 23.1 Å².